The van der Waals surface area contributed by atoms with Gasteiger partial charge in [0.2, 0.25) is 0 Å². The van der Waals surface area contributed by atoms with Crippen molar-refractivity contribution in [2.45, 2.75) is 20.3 Å². The highest BCUT2D eigenvalue weighted by atomic mass is 32.1. The molecule has 1 aliphatic heterocycles. The minimum Gasteiger partial charge on any atom is -0.382 e. The summed E-state index contributed by atoms with van der Waals surface area (Å²) in [6.07, 6.45) is 1.18. The third-order valence-corrected chi connectivity index (χ3v) is 5.59. The van der Waals surface area contributed by atoms with Gasteiger partial charge in [0, 0.05) is 32.7 Å². The summed E-state index contributed by atoms with van der Waals surface area (Å²) < 4.78 is 0. The number of aromatic nitrogens is 1. The highest BCUT2D eigenvalue weighted by Crippen LogP contribution is 2.51. The van der Waals surface area contributed by atoms with Gasteiger partial charge in [-0.25, -0.2) is 4.98 Å². The number of thiazole rings is 1. The normalized spacial score (nSPS) is 23.9. The topological polar surface area (TPSA) is 83.3 Å². The van der Waals surface area contributed by atoms with Gasteiger partial charge in [-0.3, -0.25) is 4.79 Å². The zero-order valence-corrected chi connectivity index (χ0v) is 13.4. The number of nitrogens with one attached hydrogen (secondary N) is 2. The lowest BCUT2D eigenvalue weighted by Crippen LogP contribution is -2.43. The third-order valence-electron chi connectivity index (χ3n) is 4.46. The summed E-state index contributed by atoms with van der Waals surface area (Å²) in [6, 6.07) is 0. The highest BCUT2D eigenvalue weighted by molar-refractivity contribution is 7.18. The maximum atomic E-state index is 12.3. The molecule has 1 saturated carbocycles. The van der Waals surface area contributed by atoms with E-state index < -0.39 is 0 Å². The van der Waals surface area contributed by atoms with Crippen LogP contribution in [0.4, 0.5) is 10.9 Å². The van der Waals surface area contributed by atoms with Crippen molar-refractivity contribution in [2.75, 3.05) is 43.4 Å². The summed E-state index contributed by atoms with van der Waals surface area (Å²) >= 11 is 1.40. The van der Waals surface area contributed by atoms with Crippen LogP contribution in [0.1, 0.15) is 29.9 Å². The Morgan fingerprint density at radius 1 is 1.52 bits per heavy atom. The molecule has 21 heavy (non-hydrogen) atoms. The average Bonchev–Trinajstić information content (AvgIpc) is 2.89. The summed E-state index contributed by atoms with van der Waals surface area (Å²) in [5, 5.41) is 7.15. The van der Waals surface area contributed by atoms with E-state index in [1.807, 2.05) is 0 Å². The fraction of sp³-hybridized carbons (Fsp3) is 0.714. The summed E-state index contributed by atoms with van der Waals surface area (Å²) in [7, 11) is 0. The molecule has 4 N–H and O–H groups in total. The molecular weight excluding hydrogens is 286 g/mol. The van der Waals surface area contributed by atoms with Crippen LogP contribution in [0.5, 0.6) is 0 Å². The molecule has 1 aliphatic carbocycles. The van der Waals surface area contributed by atoms with E-state index in [0.29, 0.717) is 22.0 Å². The SMILES string of the molecule is CC1(C)CC1CNC(=O)c1sc(N2CCNCC2)nc1N. The van der Waals surface area contributed by atoms with E-state index in [0.717, 1.165) is 37.9 Å². The molecular formula is C14H23N5OS. The number of carbonyl (C=O) groups is 1. The average molecular weight is 309 g/mol. The summed E-state index contributed by atoms with van der Waals surface area (Å²) in [6.45, 7) is 8.89. The maximum Gasteiger partial charge on any atom is 0.265 e. The van der Waals surface area contributed by atoms with Crippen molar-refractivity contribution in [3.8, 4) is 0 Å². The first-order chi connectivity index (χ1) is 9.97. The molecule has 6 nitrogen and oxygen atoms in total. The van der Waals surface area contributed by atoms with Gasteiger partial charge in [-0.15, -0.1) is 0 Å². The Balaban J connectivity index is 1.62. The molecule has 1 amide bonds. The van der Waals surface area contributed by atoms with Crippen LogP contribution >= 0.6 is 11.3 Å². The van der Waals surface area contributed by atoms with Crippen molar-refractivity contribution in [1.82, 2.24) is 15.6 Å². The Labute approximate surface area is 129 Å². The number of rotatable bonds is 4. The van der Waals surface area contributed by atoms with Gasteiger partial charge in [-0.2, -0.15) is 0 Å². The molecule has 2 aliphatic rings. The predicted octanol–water partition coefficient (Wildman–Crippen LogP) is 0.911. The molecule has 116 valence electrons. The van der Waals surface area contributed by atoms with Gasteiger partial charge in [0.25, 0.3) is 5.91 Å². The second kappa shape index (κ2) is 5.46. The van der Waals surface area contributed by atoms with E-state index in [1.54, 1.807) is 0 Å². The second-order valence-corrected chi connectivity index (χ2v) is 7.53. The quantitative estimate of drug-likeness (QED) is 0.770. The fourth-order valence-corrected chi connectivity index (χ4v) is 3.65. The van der Waals surface area contributed by atoms with Crippen molar-refractivity contribution in [3.63, 3.8) is 0 Å². The lowest BCUT2D eigenvalue weighted by atomic mass is 10.1. The van der Waals surface area contributed by atoms with Gasteiger partial charge < -0.3 is 21.3 Å². The van der Waals surface area contributed by atoms with Gasteiger partial charge in [0.1, 0.15) is 10.7 Å². The third kappa shape index (κ3) is 3.13. The zero-order valence-electron chi connectivity index (χ0n) is 12.6. The number of carbonyl (C=O) groups excluding carboxylic acids is 1. The summed E-state index contributed by atoms with van der Waals surface area (Å²) in [4.78, 5) is 19.3. The largest absolute Gasteiger partial charge is 0.382 e. The molecule has 0 bridgehead atoms. The van der Waals surface area contributed by atoms with Crippen molar-refractivity contribution >= 4 is 28.2 Å². The number of piperazine rings is 1. The number of nitrogens with zero attached hydrogens (tertiary/aromatic N) is 2. The van der Waals surface area contributed by atoms with Gasteiger partial charge in [-0.1, -0.05) is 25.2 Å². The predicted molar refractivity (Wildman–Crippen MR) is 85.8 cm³/mol. The molecule has 1 atom stereocenters. The number of nitrogens with two attached hydrogens (primary N) is 1. The summed E-state index contributed by atoms with van der Waals surface area (Å²) in [5.41, 5.74) is 6.29. The van der Waals surface area contributed by atoms with E-state index in [9.17, 15) is 4.79 Å². The molecule has 7 heteroatoms. The smallest absolute Gasteiger partial charge is 0.265 e. The second-order valence-electron chi connectivity index (χ2n) is 6.55. The lowest BCUT2D eigenvalue weighted by molar-refractivity contribution is 0.0955. The standard InChI is InChI=1S/C14H23N5OS/c1-14(2)7-9(14)8-17-12(20)10-11(15)18-13(21-10)19-5-3-16-4-6-19/h9,16H,3-8,15H2,1-2H3,(H,17,20). The van der Waals surface area contributed by atoms with Crippen LogP contribution in [0, 0.1) is 11.3 Å². The molecule has 1 aromatic rings. The van der Waals surface area contributed by atoms with Crippen molar-refractivity contribution < 1.29 is 4.79 Å². The van der Waals surface area contributed by atoms with Gasteiger partial charge in [0.15, 0.2) is 5.13 Å². The monoisotopic (exact) mass is 309 g/mol. The van der Waals surface area contributed by atoms with Crippen LogP contribution in [0.15, 0.2) is 0 Å². The van der Waals surface area contributed by atoms with Crippen LogP contribution in [-0.4, -0.2) is 43.6 Å². The Morgan fingerprint density at radius 2 is 2.19 bits per heavy atom. The lowest BCUT2D eigenvalue weighted by Gasteiger charge is -2.26. The molecule has 3 rings (SSSR count). The molecule has 2 heterocycles. The minimum atomic E-state index is -0.0888. The number of nitrogen functional groups attached to an aromatic ring is 1. The van der Waals surface area contributed by atoms with E-state index in [2.05, 4.69) is 34.4 Å². The molecule has 1 saturated heterocycles. The van der Waals surface area contributed by atoms with Gasteiger partial charge in [-0.05, 0) is 17.8 Å². The Kier molecular flexibility index (Phi) is 3.79. The van der Waals surface area contributed by atoms with Crippen LogP contribution in [0.25, 0.3) is 0 Å². The Bertz CT molecular complexity index is 535. The number of hydrogen-bond donors (Lipinski definition) is 3. The molecule has 0 aromatic carbocycles. The highest BCUT2D eigenvalue weighted by Gasteiger charge is 2.45. The minimum absolute atomic E-state index is 0.0888. The summed E-state index contributed by atoms with van der Waals surface area (Å²) in [5.74, 6) is 0.846. The molecule has 0 spiro atoms. The van der Waals surface area contributed by atoms with E-state index in [-0.39, 0.29) is 5.91 Å². The van der Waals surface area contributed by atoms with Crippen LogP contribution in [0.2, 0.25) is 0 Å². The van der Waals surface area contributed by atoms with E-state index >= 15 is 0 Å². The molecule has 1 unspecified atom stereocenters. The number of anilines is 2. The van der Waals surface area contributed by atoms with Crippen LogP contribution in [-0.2, 0) is 0 Å². The van der Waals surface area contributed by atoms with E-state index in [4.69, 9.17) is 5.73 Å². The fourth-order valence-electron chi connectivity index (χ4n) is 2.70. The van der Waals surface area contributed by atoms with Crippen LogP contribution < -0.4 is 21.3 Å². The Morgan fingerprint density at radius 3 is 2.81 bits per heavy atom. The maximum absolute atomic E-state index is 12.3. The van der Waals surface area contributed by atoms with Crippen molar-refractivity contribution in [1.29, 1.82) is 0 Å². The van der Waals surface area contributed by atoms with Gasteiger partial charge in [0.05, 0.1) is 0 Å². The zero-order chi connectivity index (χ0) is 15.0. The first kappa shape index (κ1) is 14.6. The number of hydrogen-bond acceptors (Lipinski definition) is 6. The van der Waals surface area contributed by atoms with Crippen molar-refractivity contribution in [3.05, 3.63) is 4.88 Å². The van der Waals surface area contributed by atoms with Crippen molar-refractivity contribution in [2.24, 2.45) is 11.3 Å². The number of amides is 1. The Hall–Kier alpha value is -1.34. The first-order valence-electron chi connectivity index (χ1n) is 7.47. The molecule has 1 aromatic heterocycles. The molecule has 0 radical (unpaired) electrons. The van der Waals surface area contributed by atoms with Crippen LogP contribution in [0.3, 0.4) is 0 Å². The molecule has 2 fully saturated rings. The van der Waals surface area contributed by atoms with E-state index in [1.165, 1.54) is 17.8 Å². The van der Waals surface area contributed by atoms with Gasteiger partial charge >= 0.3 is 0 Å². The first-order valence-corrected chi connectivity index (χ1v) is 8.29.